The van der Waals surface area contributed by atoms with Gasteiger partial charge in [0, 0.05) is 12.8 Å². The van der Waals surface area contributed by atoms with Gasteiger partial charge in [-0.1, -0.05) is 12.2 Å². The van der Waals surface area contributed by atoms with E-state index in [0.29, 0.717) is 11.0 Å². The highest BCUT2D eigenvalue weighted by molar-refractivity contribution is 7.80. The lowest BCUT2D eigenvalue weighted by atomic mass is 9.96. The van der Waals surface area contributed by atoms with Crippen molar-refractivity contribution >= 4 is 23.5 Å². The quantitative estimate of drug-likeness (QED) is 0.323. The van der Waals surface area contributed by atoms with Gasteiger partial charge in [-0.05, 0) is 44.3 Å². The molecule has 1 atom stereocenters. The summed E-state index contributed by atoms with van der Waals surface area (Å²) in [7, 11) is 0. The van der Waals surface area contributed by atoms with Crippen LogP contribution in [0.25, 0.3) is 0 Å². The van der Waals surface area contributed by atoms with Crippen LogP contribution in [0.3, 0.4) is 0 Å². The SMILES string of the molecule is CCNC(=S)NN=C[C@@H]1CC=CCC1. The second kappa shape index (κ2) is 6.54. The molecule has 1 aliphatic carbocycles. The smallest absolute Gasteiger partial charge is 0.186 e. The van der Waals surface area contributed by atoms with Gasteiger partial charge in [-0.15, -0.1) is 0 Å². The standard InChI is InChI=1S/C10H17N3S/c1-2-11-10(14)13-12-8-9-6-4-3-5-7-9/h3-4,8-9H,2,5-7H2,1H3,(H2,11,13,14)/t9-/m1/s1. The van der Waals surface area contributed by atoms with E-state index >= 15 is 0 Å². The van der Waals surface area contributed by atoms with E-state index in [2.05, 4.69) is 28.0 Å². The summed E-state index contributed by atoms with van der Waals surface area (Å²) in [5, 5.41) is 7.67. The van der Waals surface area contributed by atoms with Crippen LogP contribution in [0, 0.1) is 5.92 Å². The monoisotopic (exact) mass is 211 g/mol. The lowest BCUT2D eigenvalue weighted by Crippen LogP contribution is -2.31. The van der Waals surface area contributed by atoms with Crippen LogP contribution >= 0.6 is 12.2 Å². The fourth-order valence-corrected chi connectivity index (χ4v) is 1.55. The zero-order chi connectivity index (χ0) is 10.2. The van der Waals surface area contributed by atoms with Gasteiger partial charge in [0.05, 0.1) is 0 Å². The second-order valence-corrected chi connectivity index (χ2v) is 3.70. The van der Waals surface area contributed by atoms with E-state index in [1.165, 1.54) is 6.42 Å². The molecule has 2 N–H and O–H groups in total. The van der Waals surface area contributed by atoms with Crippen LogP contribution < -0.4 is 10.7 Å². The van der Waals surface area contributed by atoms with Crippen LogP contribution in [0.4, 0.5) is 0 Å². The number of nitrogens with zero attached hydrogens (tertiary/aromatic N) is 1. The van der Waals surface area contributed by atoms with Crippen LogP contribution in [-0.2, 0) is 0 Å². The summed E-state index contributed by atoms with van der Waals surface area (Å²) in [6.45, 7) is 2.83. The van der Waals surface area contributed by atoms with Crippen molar-refractivity contribution in [2.75, 3.05) is 6.54 Å². The Hall–Kier alpha value is -0.900. The van der Waals surface area contributed by atoms with Gasteiger partial charge in [0.15, 0.2) is 5.11 Å². The van der Waals surface area contributed by atoms with Crippen LogP contribution in [-0.4, -0.2) is 17.9 Å². The number of hydrazone groups is 1. The average Bonchev–Trinajstić information content (AvgIpc) is 2.20. The van der Waals surface area contributed by atoms with E-state index in [1.54, 1.807) is 0 Å². The minimum atomic E-state index is 0.567. The fourth-order valence-electron chi connectivity index (χ4n) is 1.35. The van der Waals surface area contributed by atoms with E-state index in [9.17, 15) is 0 Å². The van der Waals surface area contributed by atoms with E-state index in [-0.39, 0.29) is 0 Å². The van der Waals surface area contributed by atoms with E-state index in [4.69, 9.17) is 12.2 Å². The molecule has 0 radical (unpaired) electrons. The van der Waals surface area contributed by atoms with E-state index in [0.717, 1.165) is 19.4 Å². The predicted molar refractivity (Wildman–Crippen MR) is 64.4 cm³/mol. The molecule has 78 valence electrons. The Bertz CT molecular complexity index is 236. The molecule has 1 aliphatic rings. The minimum Gasteiger partial charge on any atom is -0.362 e. The molecule has 0 heterocycles. The van der Waals surface area contributed by atoms with Crippen molar-refractivity contribution in [2.24, 2.45) is 11.0 Å². The minimum absolute atomic E-state index is 0.567. The molecular formula is C10H17N3S. The molecule has 0 aromatic heterocycles. The first kappa shape index (κ1) is 11.2. The van der Waals surface area contributed by atoms with Crippen molar-refractivity contribution in [3.8, 4) is 0 Å². The highest BCUT2D eigenvalue weighted by Gasteiger charge is 2.05. The van der Waals surface area contributed by atoms with Gasteiger partial charge in [0.25, 0.3) is 0 Å². The van der Waals surface area contributed by atoms with E-state index < -0.39 is 0 Å². The first-order valence-corrected chi connectivity index (χ1v) is 5.45. The second-order valence-electron chi connectivity index (χ2n) is 3.29. The summed E-state index contributed by atoms with van der Waals surface area (Å²) in [4.78, 5) is 0. The fraction of sp³-hybridized carbons (Fsp3) is 0.600. The molecule has 1 rings (SSSR count). The highest BCUT2D eigenvalue weighted by Crippen LogP contribution is 2.15. The Morgan fingerprint density at radius 2 is 2.50 bits per heavy atom. The molecule has 3 nitrogen and oxygen atoms in total. The summed E-state index contributed by atoms with van der Waals surface area (Å²) < 4.78 is 0. The molecule has 4 heteroatoms. The molecule has 0 spiro atoms. The first-order chi connectivity index (χ1) is 6.83. The molecule has 0 unspecified atom stereocenters. The molecule has 0 fully saturated rings. The van der Waals surface area contributed by atoms with Gasteiger partial charge < -0.3 is 5.32 Å². The van der Waals surface area contributed by atoms with Gasteiger partial charge in [0.2, 0.25) is 0 Å². The van der Waals surface area contributed by atoms with Crippen LogP contribution in [0.2, 0.25) is 0 Å². The maximum Gasteiger partial charge on any atom is 0.186 e. The number of thiocarbonyl (C=S) groups is 1. The Balaban J connectivity index is 2.19. The third-order valence-electron chi connectivity index (χ3n) is 2.10. The summed E-state index contributed by atoms with van der Waals surface area (Å²) in [6, 6.07) is 0. The van der Waals surface area contributed by atoms with Crippen LogP contribution in [0.15, 0.2) is 17.3 Å². The van der Waals surface area contributed by atoms with Gasteiger partial charge in [-0.3, -0.25) is 5.43 Å². The topological polar surface area (TPSA) is 36.4 Å². The molecule has 14 heavy (non-hydrogen) atoms. The third kappa shape index (κ3) is 4.37. The molecule has 0 amide bonds. The maximum atomic E-state index is 4.97. The first-order valence-electron chi connectivity index (χ1n) is 5.05. The number of allylic oxidation sites excluding steroid dienone is 2. The van der Waals surface area contributed by atoms with Crippen molar-refractivity contribution in [1.82, 2.24) is 10.7 Å². The number of hydrogen-bond acceptors (Lipinski definition) is 2. The molecule has 0 aliphatic heterocycles. The van der Waals surface area contributed by atoms with Crippen LogP contribution in [0.5, 0.6) is 0 Å². The zero-order valence-electron chi connectivity index (χ0n) is 8.49. The maximum absolute atomic E-state index is 4.97. The zero-order valence-corrected chi connectivity index (χ0v) is 9.31. The summed E-state index contributed by atoms with van der Waals surface area (Å²) in [5.41, 5.74) is 2.80. The molecular weight excluding hydrogens is 194 g/mol. The molecule has 0 bridgehead atoms. The summed E-state index contributed by atoms with van der Waals surface area (Å²) >= 11 is 4.97. The molecule has 0 saturated heterocycles. The van der Waals surface area contributed by atoms with Gasteiger partial charge >= 0.3 is 0 Å². The lowest BCUT2D eigenvalue weighted by molar-refractivity contribution is 0.624. The number of rotatable bonds is 3. The van der Waals surface area contributed by atoms with Crippen LogP contribution in [0.1, 0.15) is 26.2 Å². The largest absolute Gasteiger partial charge is 0.362 e. The molecule has 0 aromatic carbocycles. The Morgan fingerprint density at radius 3 is 3.14 bits per heavy atom. The summed E-state index contributed by atoms with van der Waals surface area (Å²) in [6.07, 6.45) is 9.83. The van der Waals surface area contributed by atoms with Crippen molar-refractivity contribution in [2.45, 2.75) is 26.2 Å². The Morgan fingerprint density at radius 1 is 1.64 bits per heavy atom. The molecule has 0 aromatic rings. The average molecular weight is 211 g/mol. The van der Waals surface area contributed by atoms with Gasteiger partial charge in [-0.2, -0.15) is 5.10 Å². The lowest BCUT2D eigenvalue weighted by Gasteiger charge is -2.12. The van der Waals surface area contributed by atoms with Gasteiger partial charge in [-0.25, -0.2) is 0 Å². The highest BCUT2D eigenvalue weighted by atomic mass is 32.1. The van der Waals surface area contributed by atoms with Crippen molar-refractivity contribution < 1.29 is 0 Å². The normalized spacial score (nSPS) is 21.1. The predicted octanol–water partition coefficient (Wildman–Crippen LogP) is 1.81. The van der Waals surface area contributed by atoms with Crippen molar-refractivity contribution in [3.05, 3.63) is 12.2 Å². The number of hydrogen-bond donors (Lipinski definition) is 2. The Labute approximate surface area is 90.7 Å². The van der Waals surface area contributed by atoms with Gasteiger partial charge in [0.1, 0.15) is 0 Å². The third-order valence-corrected chi connectivity index (χ3v) is 2.33. The van der Waals surface area contributed by atoms with Crippen molar-refractivity contribution in [3.63, 3.8) is 0 Å². The number of nitrogens with one attached hydrogen (secondary N) is 2. The summed E-state index contributed by atoms with van der Waals surface area (Å²) in [5.74, 6) is 0.567. The van der Waals surface area contributed by atoms with E-state index in [1.807, 2.05) is 13.1 Å². The molecule has 0 saturated carbocycles. The van der Waals surface area contributed by atoms with Crippen molar-refractivity contribution in [1.29, 1.82) is 0 Å². The Kier molecular flexibility index (Phi) is 5.22.